The fourth-order valence-corrected chi connectivity index (χ4v) is 3.67. The number of amides is 1. The molecular formula is C22H21NO6. The van der Waals surface area contributed by atoms with Crippen molar-refractivity contribution in [3.63, 3.8) is 0 Å². The van der Waals surface area contributed by atoms with Crippen LogP contribution in [0.3, 0.4) is 0 Å². The first kappa shape index (κ1) is 19.0. The number of carbonyl (C=O) groups excluding carboxylic acids is 2. The first-order valence-electron chi connectivity index (χ1n) is 9.34. The molecule has 2 aromatic carbocycles. The highest BCUT2D eigenvalue weighted by atomic mass is 16.7. The molecule has 1 atom stereocenters. The largest absolute Gasteiger partial charge is 0.507 e. The lowest BCUT2D eigenvalue weighted by molar-refractivity contribution is -0.140. The van der Waals surface area contributed by atoms with Crippen molar-refractivity contribution in [2.24, 2.45) is 0 Å². The number of ether oxygens (including phenoxy) is 3. The number of aliphatic hydroxyl groups excluding tert-OH is 1. The summed E-state index contributed by atoms with van der Waals surface area (Å²) >= 11 is 0. The minimum atomic E-state index is -0.721. The Morgan fingerprint density at radius 1 is 1.14 bits per heavy atom. The SMILES string of the molecule is COCCCN1C(=O)C(=O)/C(=C(\O)c2ccccc2)[C@H]1c1ccc2c(c1)OCO2. The van der Waals surface area contributed by atoms with E-state index in [4.69, 9.17) is 14.2 Å². The summed E-state index contributed by atoms with van der Waals surface area (Å²) in [5.74, 6) is -0.383. The molecule has 1 N–H and O–H groups in total. The van der Waals surface area contributed by atoms with Crippen LogP contribution >= 0.6 is 0 Å². The van der Waals surface area contributed by atoms with Crippen molar-refractivity contribution in [2.75, 3.05) is 27.1 Å². The Morgan fingerprint density at radius 3 is 2.66 bits per heavy atom. The van der Waals surface area contributed by atoms with Crippen LogP contribution in [-0.2, 0) is 14.3 Å². The fourth-order valence-electron chi connectivity index (χ4n) is 3.67. The first-order chi connectivity index (χ1) is 14.1. The van der Waals surface area contributed by atoms with E-state index in [1.807, 2.05) is 6.07 Å². The molecule has 0 saturated carbocycles. The third-order valence-electron chi connectivity index (χ3n) is 5.05. The summed E-state index contributed by atoms with van der Waals surface area (Å²) in [6.07, 6.45) is 0.565. The predicted molar refractivity (Wildman–Crippen MR) is 105 cm³/mol. The number of carbonyl (C=O) groups is 2. The normalized spacial score (nSPS) is 19.8. The van der Waals surface area contributed by atoms with Crippen molar-refractivity contribution in [1.82, 2.24) is 4.90 Å². The second kappa shape index (κ2) is 7.97. The van der Waals surface area contributed by atoms with E-state index in [0.29, 0.717) is 42.2 Å². The molecule has 0 bridgehead atoms. The van der Waals surface area contributed by atoms with E-state index in [1.54, 1.807) is 49.6 Å². The molecular weight excluding hydrogens is 374 g/mol. The molecule has 2 heterocycles. The average Bonchev–Trinajstić information content (AvgIpc) is 3.31. The number of benzene rings is 2. The molecule has 0 aromatic heterocycles. The number of hydrogen-bond acceptors (Lipinski definition) is 6. The van der Waals surface area contributed by atoms with E-state index < -0.39 is 17.7 Å². The average molecular weight is 395 g/mol. The van der Waals surface area contributed by atoms with E-state index in [0.717, 1.165) is 0 Å². The van der Waals surface area contributed by atoms with Gasteiger partial charge in [-0.15, -0.1) is 0 Å². The second-order valence-electron chi connectivity index (χ2n) is 6.82. The van der Waals surface area contributed by atoms with E-state index in [-0.39, 0.29) is 18.1 Å². The molecule has 4 rings (SSSR count). The van der Waals surface area contributed by atoms with Gasteiger partial charge in [0.25, 0.3) is 11.7 Å². The van der Waals surface area contributed by atoms with Gasteiger partial charge < -0.3 is 24.2 Å². The Balaban J connectivity index is 1.81. The van der Waals surface area contributed by atoms with Gasteiger partial charge in [-0.3, -0.25) is 9.59 Å². The fraction of sp³-hybridized carbons (Fsp3) is 0.273. The minimum absolute atomic E-state index is 0.0671. The second-order valence-corrected chi connectivity index (χ2v) is 6.82. The van der Waals surface area contributed by atoms with Gasteiger partial charge in [0.1, 0.15) is 5.76 Å². The van der Waals surface area contributed by atoms with Gasteiger partial charge >= 0.3 is 0 Å². The van der Waals surface area contributed by atoms with Crippen LogP contribution in [0.15, 0.2) is 54.1 Å². The predicted octanol–water partition coefficient (Wildman–Crippen LogP) is 2.87. The zero-order valence-electron chi connectivity index (χ0n) is 16.0. The molecule has 7 heteroatoms. The molecule has 1 fully saturated rings. The number of likely N-dealkylation sites (tertiary alicyclic amines) is 1. The van der Waals surface area contributed by atoms with Crippen molar-refractivity contribution in [2.45, 2.75) is 12.5 Å². The highest BCUT2D eigenvalue weighted by molar-refractivity contribution is 6.46. The smallest absolute Gasteiger partial charge is 0.295 e. The Kier molecular flexibility index (Phi) is 5.22. The molecule has 29 heavy (non-hydrogen) atoms. The topological polar surface area (TPSA) is 85.3 Å². The summed E-state index contributed by atoms with van der Waals surface area (Å²) in [5, 5.41) is 10.9. The summed E-state index contributed by atoms with van der Waals surface area (Å²) in [6, 6.07) is 13.3. The zero-order valence-corrected chi connectivity index (χ0v) is 16.0. The van der Waals surface area contributed by atoms with Gasteiger partial charge in [0.15, 0.2) is 11.5 Å². The van der Waals surface area contributed by atoms with Gasteiger partial charge in [0.05, 0.1) is 11.6 Å². The number of ketones is 1. The van der Waals surface area contributed by atoms with Gasteiger partial charge in [-0.05, 0) is 24.1 Å². The summed E-state index contributed by atoms with van der Waals surface area (Å²) < 4.78 is 15.9. The van der Waals surface area contributed by atoms with E-state index in [1.165, 1.54) is 4.90 Å². The number of fused-ring (bicyclic) bond motifs is 1. The summed E-state index contributed by atoms with van der Waals surface area (Å²) in [5.41, 5.74) is 1.22. The maximum absolute atomic E-state index is 12.9. The third kappa shape index (κ3) is 3.45. The standard InChI is InChI=1S/C22H21NO6/c1-27-11-5-10-23-19(15-8-9-16-17(12-15)29-13-28-16)18(21(25)22(23)26)20(24)14-6-3-2-4-7-14/h2-4,6-9,12,19,24H,5,10-11,13H2,1H3/b20-18-/t19-/m1/s1. The number of hydrogen-bond donors (Lipinski definition) is 1. The van der Waals surface area contributed by atoms with E-state index in [2.05, 4.69) is 0 Å². The van der Waals surface area contributed by atoms with Crippen molar-refractivity contribution < 1.29 is 28.9 Å². The highest BCUT2D eigenvalue weighted by Crippen LogP contribution is 2.42. The van der Waals surface area contributed by atoms with Gasteiger partial charge in [-0.2, -0.15) is 0 Å². The number of methoxy groups -OCH3 is 1. The molecule has 0 radical (unpaired) electrons. The van der Waals surface area contributed by atoms with E-state index >= 15 is 0 Å². The third-order valence-corrected chi connectivity index (χ3v) is 5.05. The number of Topliss-reactive ketones (excluding diaryl/α,β-unsaturated/α-hetero) is 1. The molecule has 0 spiro atoms. The van der Waals surface area contributed by atoms with Gasteiger partial charge in [-0.25, -0.2) is 0 Å². The molecule has 7 nitrogen and oxygen atoms in total. The monoisotopic (exact) mass is 395 g/mol. The molecule has 2 aromatic rings. The van der Waals surface area contributed by atoms with Crippen LogP contribution in [0.4, 0.5) is 0 Å². The Labute approximate surface area is 168 Å². The van der Waals surface area contributed by atoms with Gasteiger partial charge in [0.2, 0.25) is 6.79 Å². The number of aliphatic hydroxyl groups is 1. The maximum atomic E-state index is 12.9. The van der Waals surface area contributed by atoms with Gasteiger partial charge in [-0.1, -0.05) is 36.4 Å². The first-order valence-corrected chi connectivity index (χ1v) is 9.34. The molecule has 150 valence electrons. The molecule has 0 aliphatic carbocycles. The summed E-state index contributed by atoms with van der Waals surface area (Å²) in [7, 11) is 1.58. The van der Waals surface area contributed by atoms with Crippen LogP contribution in [0.1, 0.15) is 23.6 Å². The Hall–Kier alpha value is -3.32. The number of rotatable bonds is 6. The summed E-state index contributed by atoms with van der Waals surface area (Å²) in [6.45, 7) is 0.898. The summed E-state index contributed by atoms with van der Waals surface area (Å²) in [4.78, 5) is 27.2. The molecule has 2 aliphatic heterocycles. The Morgan fingerprint density at radius 2 is 1.90 bits per heavy atom. The van der Waals surface area contributed by atoms with Gasteiger partial charge in [0, 0.05) is 25.8 Å². The number of nitrogens with zero attached hydrogens (tertiary/aromatic N) is 1. The van der Waals surface area contributed by atoms with Crippen LogP contribution in [0, 0.1) is 0 Å². The van der Waals surface area contributed by atoms with Crippen molar-refractivity contribution in [1.29, 1.82) is 0 Å². The molecule has 0 unspecified atom stereocenters. The zero-order chi connectivity index (χ0) is 20.4. The Bertz CT molecular complexity index is 969. The highest BCUT2D eigenvalue weighted by Gasteiger charge is 2.46. The van der Waals surface area contributed by atoms with Crippen molar-refractivity contribution in [3.05, 3.63) is 65.2 Å². The lowest BCUT2D eigenvalue weighted by Crippen LogP contribution is -2.31. The lowest BCUT2D eigenvalue weighted by Gasteiger charge is -2.25. The minimum Gasteiger partial charge on any atom is -0.507 e. The van der Waals surface area contributed by atoms with Crippen LogP contribution in [0.2, 0.25) is 0 Å². The van der Waals surface area contributed by atoms with Crippen LogP contribution < -0.4 is 9.47 Å². The van der Waals surface area contributed by atoms with Crippen LogP contribution in [-0.4, -0.2) is 48.8 Å². The van der Waals surface area contributed by atoms with Crippen LogP contribution in [0.5, 0.6) is 11.5 Å². The van der Waals surface area contributed by atoms with Crippen LogP contribution in [0.25, 0.3) is 5.76 Å². The van der Waals surface area contributed by atoms with Crippen molar-refractivity contribution in [3.8, 4) is 11.5 Å². The van der Waals surface area contributed by atoms with Crippen molar-refractivity contribution >= 4 is 17.4 Å². The maximum Gasteiger partial charge on any atom is 0.295 e. The molecule has 1 amide bonds. The van der Waals surface area contributed by atoms with E-state index in [9.17, 15) is 14.7 Å². The molecule has 2 aliphatic rings. The lowest BCUT2D eigenvalue weighted by atomic mass is 9.95. The quantitative estimate of drug-likeness (QED) is 0.350. The molecule has 1 saturated heterocycles.